The van der Waals surface area contributed by atoms with Crippen molar-refractivity contribution in [2.45, 2.75) is 37.7 Å². The fourth-order valence-electron chi connectivity index (χ4n) is 2.74. The van der Waals surface area contributed by atoms with E-state index in [1.165, 1.54) is 18.7 Å². The number of aryl methyl sites for hydroxylation is 1. The van der Waals surface area contributed by atoms with Crippen LogP contribution < -0.4 is 5.32 Å². The lowest BCUT2D eigenvalue weighted by Gasteiger charge is -2.14. The first-order valence-corrected chi connectivity index (χ1v) is 9.85. The van der Waals surface area contributed by atoms with Gasteiger partial charge >= 0.3 is 0 Å². The van der Waals surface area contributed by atoms with Gasteiger partial charge in [0.25, 0.3) is 0 Å². The normalized spacial score (nSPS) is 11.8. The van der Waals surface area contributed by atoms with Crippen molar-refractivity contribution in [1.29, 1.82) is 0 Å². The molecule has 3 aromatic rings. The van der Waals surface area contributed by atoms with E-state index in [4.69, 9.17) is 0 Å². The van der Waals surface area contributed by atoms with Crippen molar-refractivity contribution in [2.75, 3.05) is 5.32 Å². The zero-order valence-electron chi connectivity index (χ0n) is 16.0. The molecule has 2 aromatic carbocycles. The summed E-state index contributed by atoms with van der Waals surface area (Å²) in [4.78, 5) is 24.4. The van der Waals surface area contributed by atoms with Gasteiger partial charge in [0.1, 0.15) is 5.82 Å². The summed E-state index contributed by atoms with van der Waals surface area (Å²) < 4.78 is 1.99. The van der Waals surface area contributed by atoms with E-state index in [1.807, 2.05) is 48.7 Å². The maximum absolute atomic E-state index is 12.7. The van der Waals surface area contributed by atoms with Gasteiger partial charge in [-0.2, -0.15) is 0 Å². The molecule has 0 aliphatic heterocycles. The molecule has 0 aliphatic rings. The van der Waals surface area contributed by atoms with E-state index in [9.17, 15) is 9.59 Å². The molecule has 0 saturated heterocycles. The van der Waals surface area contributed by atoms with E-state index < -0.39 is 5.25 Å². The number of hydrogen-bond acceptors (Lipinski definition) is 5. The standard InChI is InChI=1S/C21H22N4O2S/c1-14(26)18-11-7-8-12-19(18)22-20(27)15(2)28-21-24-23-16(3)25(21)13-17-9-5-4-6-10-17/h4-12,15H,13H2,1-3H3,(H,22,27). The van der Waals surface area contributed by atoms with Crippen molar-refractivity contribution in [3.05, 3.63) is 71.5 Å². The van der Waals surface area contributed by atoms with Crippen LogP contribution in [-0.4, -0.2) is 31.7 Å². The average Bonchev–Trinajstić information content (AvgIpc) is 3.02. The number of ketones is 1. The molecule has 0 aliphatic carbocycles. The number of nitrogens with one attached hydrogen (secondary N) is 1. The molecule has 0 spiro atoms. The average molecular weight is 395 g/mol. The Morgan fingerprint density at radius 1 is 1.07 bits per heavy atom. The monoisotopic (exact) mass is 394 g/mol. The molecule has 1 amide bonds. The molecule has 3 rings (SSSR count). The molecule has 0 fully saturated rings. The van der Waals surface area contributed by atoms with Gasteiger partial charge in [-0.1, -0.05) is 54.2 Å². The number of anilines is 1. The predicted molar refractivity (Wildman–Crippen MR) is 111 cm³/mol. The second-order valence-electron chi connectivity index (χ2n) is 6.45. The third-order valence-corrected chi connectivity index (χ3v) is 5.38. The summed E-state index contributed by atoms with van der Waals surface area (Å²) in [5.74, 6) is 0.515. The van der Waals surface area contributed by atoms with Gasteiger partial charge in [-0.05, 0) is 38.5 Å². The summed E-state index contributed by atoms with van der Waals surface area (Å²) in [6, 6.07) is 17.0. The number of carbonyl (C=O) groups excluding carboxylic acids is 2. The number of aromatic nitrogens is 3. The smallest absolute Gasteiger partial charge is 0.237 e. The Balaban J connectivity index is 1.72. The van der Waals surface area contributed by atoms with Gasteiger partial charge in [-0.25, -0.2) is 0 Å². The molecule has 7 heteroatoms. The summed E-state index contributed by atoms with van der Waals surface area (Å²) in [5.41, 5.74) is 2.16. The highest BCUT2D eigenvalue weighted by Crippen LogP contribution is 2.25. The minimum Gasteiger partial charge on any atom is -0.324 e. The highest BCUT2D eigenvalue weighted by molar-refractivity contribution is 8.00. The highest BCUT2D eigenvalue weighted by atomic mass is 32.2. The number of benzene rings is 2. The lowest BCUT2D eigenvalue weighted by molar-refractivity contribution is -0.115. The van der Waals surface area contributed by atoms with Crippen LogP contribution in [0, 0.1) is 6.92 Å². The summed E-state index contributed by atoms with van der Waals surface area (Å²) in [6.07, 6.45) is 0. The van der Waals surface area contributed by atoms with Crippen LogP contribution in [0.2, 0.25) is 0 Å². The minimum atomic E-state index is -0.405. The lowest BCUT2D eigenvalue weighted by atomic mass is 10.1. The Bertz CT molecular complexity index is 985. The molecule has 1 atom stereocenters. The molecule has 0 saturated carbocycles. The van der Waals surface area contributed by atoms with Crippen LogP contribution in [0.25, 0.3) is 0 Å². The Labute approximate surface area is 168 Å². The van der Waals surface area contributed by atoms with Crippen LogP contribution in [0.4, 0.5) is 5.69 Å². The van der Waals surface area contributed by atoms with Crippen molar-refractivity contribution >= 4 is 29.1 Å². The van der Waals surface area contributed by atoms with Gasteiger partial charge < -0.3 is 9.88 Å². The predicted octanol–water partition coefficient (Wildman–Crippen LogP) is 3.96. The van der Waals surface area contributed by atoms with E-state index in [2.05, 4.69) is 15.5 Å². The van der Waals surface area contributed by atoms with Gasteiger partial charge in [0.05, 0.1) is 17.5 Å². The molecule has 1 aromatic heterocycles. The molecule has 0 bridgehead atoms. The maximum Gasteiger partial charge on any atom is 0.237 e. The van der Waals surface area contributed by atoms with E-state index in [0.717, 1.165) is 11.4 Å². The SMILES string of the molecule is CC(=O)c1ccccc1NC(=O)C(C)Sc1nnc(C)n1Cc1ccccc1. The molecule has 6 nitrogen and oxygen atoms in total. The van der Waals surface area contributed by atoms with Crippen LogP contribution >= 0.6 is 11.8 Å². The number of rotatable bonds is 7. The summed E-state index contributed by atoms with van der Waals surface area (Å²) in [6.45, 7) is 5.84. The Kier molecular flexibility index (Phi) is 6.26. The zero-order chi connectivity index (χ0) is 20.1. The number of para-hydroxylation sites is 1. The summed E-state index contributed by atoms with van der Waals surface area (Å²) in [7, 11) is 0. The second kappa shape index (κ2) is 8.84. The van der Waals surface area contributed by atoms with E-state index >= 15 is 0 Å². The maximum atomic E-state index is 12.7. The van der Waals surface area contributed by atoms with Crippen molar-refractivity contribution in [2.24, 2.45) is 0 Å². The van der Waals surface area contributed by atoms with E-state index in [1.54, 1.807) is 24.3 Å². The number of Topliss-reactive ketones (excluding diaryl/α,β-unsaturated/α-hetero) is 1. The van der Waals surface area contributed by atoms with Gasteiger partial charge in [0.15, 0.2) is 10.9 Å². The second-order valence-corrected chi connectivity index (χ2v) is 7.76. The van der Waals surface area contributed by atoms with Crippen molar-refractivity contribution in [3.63, 3.8) is 0 Å². The summed E-state index contributed by atoms with van der Waals surface area (Å²) in [5, 5.41) is 11.5. The number of thioether (sulfide) groups is 1. The fourth-order valence-corrected chi connectivity index (χ4v) is 3.64. The van der Waals surface area contributed by atoms with Gasteiger partial charge in [0, 0.05) is 5.56 Å². The molecular weight excluding hydrogens is 372 g/mol. The van der Waals surface area contributed by atoms with E-state index in [0.29, 0.717) is 23.0 Å². The number of carbonyl (C=O) groups is 2. The number of nitrogens with zero attached hydrogens (tertiary/aromatic N) is 3. The van der Waals surface area contributed by atoms with Crippen molar-refractivity contribution in [1.82, 2.24) is 14.8 Å². The van der Waals surface area contributed by atoms with Crippen LogP contribution in [0.3, 0.4) is 0 Å². The summed E-state index contributed by atoms with van der Waals surface area (Å²) >= 11 is 1.34. The third-order valence-electron chi connectivity index (χ3n) is 4.30. The highest BCUT2D eigenvalue weighted by Gasteiger charge is 2.20. The molecule has 1 N–H and O–H groups in total. The van der Waals surface area contributed by atoms with Crippen LogP contribution in [0.15, 0.2) is 59.8 Å². The molecule has 28 heavy (non-hydrogen) atoms. The fraction of sp³-hybridized carbons (Fsp3) is 0.238. The Hall–Kier alpha value is -2.93. The quantitative estimate of drug-likeness (QED) is 0.485. The zero-order valence-corrected chi connectivity index (χ0v) is 16.9. The van der Waals surface area contributed by atoms with Gasteiger partial charge in [0.2, 0.25) is 5.91 Å². The van der Waals surface area contributed by atoms with Crippen LogP contribution in [-0.2, 0) is 11.3 Å². The van der Waals surface area contributed by atoms with Crippen molar-refractivity contribution < 1.29 is 9.59 Å². The Morgan fingerprint density at radius 3 is 2.46 bits per heavy atom. The molecular formula is C21H22N4O2S. The topological polar surface area (TPSA) is 76.9 Å². The minimum absolute atomic E-state index is 0.0885. The molecule has 1 unspecified atom stereocenters. The van der Waals surface area contributed by atoms with Crippen LogP contribution in [0.5, 0.6) is 0 Å². The van der Waals surface area contributed by atoms with E-state index in [-0.39, 0.29) is 11.7 Å². The molecule has 0 radical (unpaired) electrons. The molecule has 1 heterocycles. The van der Waals surface area contributed by atoms with Gasteiger partial charge in [-0.15, -0.1) is 10.2 Å². The first-order valence-electron chi connectivity index (χ1n) is 8.97. The first kappa shape index (κ1) is 19.8. The molecule has 144 valence electrons. The number of hydrogen-bond donors (Lipinski definition) is 1. The van der Waals surface area contributed by atoms with Gasteiger partial charge in [-0.3, -0.25) is 9.59 Å². The van der Waals surface area contributed by atoms with Crippen LogP contribution in [0.1, 0.15) is 35.6 Å². The lowest BCUT2D eigenvalue weighted by Crippen LogP contribution is -2.24. The number of amides is 1. The largest absolute Gasteiger partial charge is 0.324 e. The third kappa shape index (κ3) is 4.67. The Morgan fingerprint density at radius 2 is 1.75 bits per heavy atom. The van der Waals surface area contributed by atoms with Crippen molar-refractivity contribution in [3.8, 4) is 0 Å². The first-order chi connectivity index (χ1) is 13.5.